The number of ether oxygens (including phenoxy) is 1. The second kappa shape index (κ2) is 6.29. The number of hydrogen-bond acceptors (Lipinski definition) is 6. The average molecular weight is 342 g/mol. The largest absolute Gasteiger partial charge is 0.383 e. The summed E-state index contributed by atoms with van der Waals surface area (Å²) in [5, 5.41) is 8.04. The quantitative estimate of drug-likeness (QED) is 0.756. The lowest BCUT2D eigenvalue weighted by atomic mass is 10.1. The van der Waals surface area contributed by atoms with Crippen LogP contribution >= 0.6 is 0 Å². The molecule has 1 unspecified atom stereocenters. The van der Waals surface area contributed by atoms with E-state index in [9.17, 15) is 4.39 Å². The minimum absolute atomic E-state index is 0.144. The number of anilines is 2. The molecule has 1 saturated heterocycles. The van der Waals surface area contributed by atoms with Gasteiger partial charge in [-0.2, -0.15) is 10.1 Å². The minimum atomic E-state index is -0.365. The molecule has 0 amide bonds. The first-order valence-electron chi connectivity index (χ1n) is 8.24. The Labute approximate surface area is 144 Å². The van der Waals surface area contributed by atoms with Gasteiger partial charge in [0.2, 0.25) is 5.95 Å². The van der Waals surface area contributed by atoms with Crippen molar-refractivity contribution in [1.29, 1.82) is 0 Å². The minimum Gasteiger partial charge on any atom is -0.383 e. The summed E-state index contributed by atoms with van der Waals surface area (Å²) in [5.74, 6) is 0.425. The Morgan fingerprint density at radius 3 is 2.96 bits per heavy atom. The number of fused-ring (bicyclic) bond motifs is 1. The standard InChI is InChI=1S/C17H19FN6O/c1-24-15(19)13-14(11-6-2-3-7-12(11)18)21-17(22-16(13)23-24)20-9-10-5-4-8-25-10/h2-3,6-7,10H,4-5,8-9,19H2,1H3,(H,20,22,23). The number of aryl methyl sites for hydroxylation is 1. The Hall–Kier alpha value is -2.74. The molecule has 25 heavy (non-hydrogen) atoms. The molecule has 1 aliphatic heterocycles. The first kappa shape index (κ1) is 15.8. The van der Waals surface area contributed by atoms with Gasteiger partial charge in [0, 0.05) is 25.8 Å². The summed E-state index contributed by atoms with van der Waals surface area (Å²) < 4.78 is 21.5. The molecule has 0 saturated carbocycles. The zero-order valence-corrected chi connectivity index (χ0v) is 13.9. The van der Waals surface area contributed by atoms with E-state index >= 15 is 0 Å². The van der Waals surface area contributed by atoms with E-state index in [-0.39, 0.29) is 11.9 Å². The third kappa shape index (κ3) is 2.89. The third-order valence-electron chi connectivity index (χ3n) is 4.38. The van der Waals surface area contributed by atoms with Gasteiger partial charge in [0.25, 0.3) is 0 Å². The molecule has 8 heteroatoms. The van der Waals surface area contributed by atoms with Crippen molar-refractivity contribution in [3.05, 3.63) is 30.1 Å². The summed E-state index contributed by atoms with van der Waals surface area (Å²) in [5.41, 5.74) is 7.35. The highest BCUT2D eigenvalue weighted by molar-refractivity contribution is 5.98. The van der Waals surface area contributed by atoms with Crippen molar-refractivity contribution in [2.75, 3.05) is 24.2 Å². The molecule has 1 aromatic carbocycles. The van der Waals surface area contributed by atoms with E-state index < -0.39 is 0 Å². The Kier molecular flexibility index (Phi) is 3.96. The van der Waals surface area contributed by atoms with Gasteiger partial charge in [0.1, 0.15) is 11.6 Å². The zero-order chi connectivity index (χ0) is 17.4. The Morgan fingerprint density at radius 2 is 2.20 bits per heavy atom. The number of hydrogen-bond donors (Lipinski definition) is 2. The van der Waals surface area contributed by atoms with Gasteiger partial charge in [-0.25, -0.2) is 9.37 Å². The van der Waals surface area contributed by atoms with Gasteiger partial charge < -0.3 is 15.8 Å². The molecule has 0 aliphatic carbocycles. The molecule has 3 heterocycles. The summed E-state index contributed by atoms with van der Waals surface area (Å²) in [7, 11) is 1.72. The van der Waals surface area contributed by atoms with Crippen LogP contribution in [0.3, 0.4) is 0 Å². The maximum absolute atomic E-state index is 14.3. The monoisotopic (exact) mass is 342 g/mol. The molecule has 4 rings (SSSR count). The van der Waals surface area contributed by atoms with Crippen LogP contribution in [0.15, 0.2) is 24.3 Å². The number of nitrogens with zero attached hydrogens (tertiary/aromatic N) is 4. The SMILES string of the molecule is Cn1nc2nc(NCC3CCCO3)nc(-c3ccccc3F)c2c1N. The van der Waals surface area contributed by atoms with E-state index in [0.29, 0.717) is 40.6 Å². The second-order valence-electron chi connectivity index (χ2n) is 6.10. The Balaban J connectivity index is 1.79. The van der Waals surface area contributed by atoms with Gasteiger partial charge in [-0.1, -0.05) is 12.1 Å². The van der Waals surface area contributed by atoms with Crippen molar-refractivity contribution >= 4 is 22.8 Å². The average Bonchev–Trinajstić information content (AvgIpc) is 3.22. The highest BCUT2D eigenvalue weighted by Gasteiger charge is 2.20. The highest BCUT2D eigenvalue weighted by atomic mass is 19.1. The van der Waals surface area contributed by atoms with E-state index in [0.717, 1.165) is 19.4 Å². The molecule has 1 fully saturated rings. The predicted molar refractivity (Wildman–Crippen MR) is 93.6 cm³/mol. The van der Waals surface area contributed by atoms with E-state index in [1.54, 1.807) is 25.2 Å². The molecule has 3 N–H and O–H groups in total. The van der Waals surface area contributed by atoms with Gasteiger partial charge in [0.05, 0.1) is 17.2 Å². The third-order valence-corrected chi connectivity index (χ3v) is 4.38. The fourth-order valence-electron chi connectivity index (χ4n) is 3.05. The van der Waals surface area contributed by atoms with E-state index in [1.165, 1.54) is 10.7 Å². The number of benzene rings is 1. The molecule has 0 radical (unpaired) electrons. The number of nitrogens with one attached hydrogen (secondary N) is 1. The van der Waals surface area contributed by atoms with Crippen molar-refractivity contribution in [3.8, 4) is 11.3 Å². The van der Waals surface area contributed by atoms with Crippen molar-refractivity contribution in [2.24, 2.45) is 7.05 Å². The van der Waals surface area contributed by atoms with E-state index in [4.69, 9.17) is 10.5 Å². The van der Waals surface area contributed by atoms with Crippen LogP contribution in [0, 0.1) is 5.82 Å². The van der Waals surface area contributed by atoms with Crippen LogP contribution in [-0.4, -0.2) is 39.0 Å². The first-order valence-corrected chi connectivity index (χ1v) is 8.24. The zero-order valence-electron chi connectivity index (χ0n) is 13.9. The molecule has 1 aliphatic rings. The van der Waals surface area contributed by atoms with Crippen LogP contribution in [0.25, 0.3) is 22.3 Å². The summed E-state index contributed by atoms with van der Waals surface area (Å²) in [4.78, 5) is 8.94. The smallest absolute Gasteiger partial charge is 0.225 e. The summed E-state index contributed by atoms with van der Waals surface area (Å²) in [6.45, 7) is 1.38. The van der Waals surface area contributed by atoms with Gasteiger partial charge in [-0.15, -0.1) is 0 Å². The Bertz CT molecular complexity index is 919. The van der Waals surface area contributed by atoms with Crippen LogP contribution < -0.4 is 11.1 Å². The highest BCUT2D eigenvalue weighted by Crippen LogP contribution is 2.32. The maximum atomic E-state index is 14.3. The fraction of sp³-hybridized carbons (Fsp3) is 0.353. The van der Waals surface area contributed by atoms with Crippen LogP contribution in [0.4, 0.5) is 16.2 Å². The van der Waals surface area contributed by atoms with Crippen LogP contribution in [0.1, 0.15) is 12.8 Å². The lowest BCUT2D eigenvalue weighted by molar-refractivity contribution is 0.120. The topological polar surface area (TPSA) is 90.9 Å². The van der Waals surface area contributed by atoms with Crippen LogP contribution in [0.5, 0.6) is 0 Å². The van der Waals surface area contributed by atoms with Gasteiger partial charge in [-0.05, 0) is 25.0 Å². The van der Waals surface area contributed by atoms with Gasteiger partial charge in [0.15, 0.2) is 5.65 Å². The van der Waals surface area contributed by atoms with Gasteiger partial charge in [-0.3, -0.25) is 4.68 Å². The maximum Gasteiger partial charge on any atom is 0.225 e. The van der Waals surface area contributed by atoms with E-state index in [1.807, 2.05) is 0 Å². The number of rotatable bonds is 4. The van der Waals surface area contributed by atoms with Crippen LogP contribution in [-0.2, 0) is 11.8 Å². The molecular formula is C17H19FN6O. The molecule has 2 aromatic heterocycles. The molecule has 7 nitrogen and oxygen atoms in total. The number of nitrogens with two attached hydrogens (primary N) is 1. The lowest BCUT2D eigenvalue weighted by Gasteiger charge is -2.12. The second-order valence-corrected chi connectivity index (χ2v) is 6.10. The summed E-state index contributed by atoms with van der Waals surface area (Å²) >= 11 is 0. The number of halogens is 1. The van der Waals surface area contributed by atoms with Gasteiger partial charge >= 0.3 is 0 Å². The molecule has 3 aromatic rings. The molecule has 0 spiro atoms. The van der Waals surface area contributed by atoms with Crippen molar-refractivity contribution < 1.29 is 9.13 Å². The first-order chi connectivity index (χ1) is 12.1. The van der Waals surface area contributed by atoms with Crippen molar-refractivity contribution in [3.63, 3.8) is 0 Å². The van der Waals surface area contributed by atoms with E-state index in [2.05, 4.69) is 20.4 Å². The molecule has 1 atom stereocenters. The molecular weight excluding hydrogens is 323 g/mol. The summed E-state index contributed by atoms with van der Waals surface area (Å²) in [6, 6.07) is 6.47. The lowest BCUT2D eigenvalue weighted by Crippen LogP contribution is -2.19. The number of nitrogen functional groups attached to an aromatic ring is 1. The predicted octanol–water partition coefficient (Wildman–Crippen LogP) is 2.34. The number of aromatic nitrogens is 4. The Morgan fingerprint density at radius 1 is 1.36 bits per heavy atom. The summed E-state index contributed by atoms with van der Waals surface area (Å²) in [6.07, 6.45) is 2.21. The molecule has 130 valence electrons. The normalized spacial score (nSPS) is 17.3. The van der Waals surface area contributed by atoms with Crippen LogP contribution in [0.2, 0.25) is 0 Å². The molecule has 0 bridgehead atoms. The van der Waals surface area contributed by atoms with Crippen molar-refractivity contribution in [1.82, 2.24) is 19.7 Å². The van der Waals surface area contributed by atoms with Crippen molar-refractivity contribution in [2.45, 2.75) is 18.9 Å². The fourth-order valence-corrected chi connectivity index (χ4v) is 3.05.